The number of benzene rings is 1. The lowest BCUT2D eigenvalue weighted by molar-refractivity contribution is -0.0587. The van der Waals surface area contributed by atoms with Crippen molar-refractivity contribution >= 4 is 11.4 Å². The Balaban J connectivity index is 0.000000262. The Morgan fingerprint density at radius 1 is 1.27 bits per heavy atom. The number of aryl methyl sites for hydroxylation is 2. The molecule has 0 spiro atoms. The molecule has 0 bridgehead atoms. The predicted molar refractivity (Wildman–Crippen MR) is 93.1 cm³/mol. The first-order valence-electron chi connectivity index (χ1n) is 7.85. The summed E-state index contributed by atoms with van der Waals surface area (Å²) in [7, 11) is 0. The van der Waals surface area contributed by atoms with Crippen LogP contribution in [0.25, 0.3) is 0 Å². The van der Waals surface area contributed by atoms with Crippen LogP contribution in [-0.2, 0) is 12.8 Å². The highest BCUT2D eigenvalue weighted by molar-refractivity contribution is 6.06. The van der Waals surface area contributed by atoms with Crippen molar-refractivity contribution in [2.75, 3.05) is 5.73 Å². The first kappa shape index (κ1) is 19.2. The maximum absolute atomic E-state index is 12.1. The zero-order valence-electron chi connectivity index (χ0n) is 13.8. The van der Waals surface area contributed by atoms with Crippen molar-refractivity contribution in [1.29, 1.82) is 10.7 Å². The van der Waals surface area contributed by atoms with Gasteiger partial charge in [-0.05, 0) is 55.5 Å². The van der Waals surface area contributed by atoms with Crippen molar-refractivity contribution in [1.82, 2.24) is 4.98 Å². The number of fused-ring (bicyclic) bond motifs is 1. The molecule has 0 fully saturated rings. The van der Waals surface area contributed by atoms with Crippen molar-refractivity contribution in [3.63, 3.8) is 0 Å². The summed E-state index contributed by atoms with van der Waals surface area (Å²) >= 11 is 0. The van der Waals surface area contributed by atoms with Gasteiger partial charge in [0.2, 0.25) is 0 Å². The third-order valence-corrected chi connectivity index (χ3v) is 3.89. The Bertz CT molecular complexity index is 863. The molecule has 1 aromatic carbocycles. The smallest absolute Gasteiger partial charge is 0.433 e. The summed E-state index contributed by atoms with van der Waals surface area (Å²) < 4.78 is 36.3. The Morgan fingerprint density at radius 2 is 1.96 bits per heavy atom. The number of hydrogen-bond donors (Lipinski definition) is 3. The number of aromatic hydroxyl groups is 1. The molecule has 4 N–H and O–H groups in total. The molecule has 1 aliphatic rings. The second-order valence-electron chi connectivity index (χ2n) is 5.79. The van der Waals surface area contributed by atoms with Gasteiger partial charge in [0.05, 0.1) is 5.56 Å². The quantitative estimate of drug-likeness (QED) is 0.404. The fourth-order valence-corrected chi connectivity index (χ4v) is 2.56. The van der Waals surface area contributed by atoms with Crippen LogP contribution in [-0.4, -0.2) is 22.0 Å². The molecule has 0 amide bonds. The first-order valence-corrected chi connectivity index (χ1v) is 7.85. The third-order valence-electron chi connectivity index (χ3n) is 3.89. The summed E-state index contributed by atoms with van der Waals surface area (Å²) in [6.45, 7) is 0. The van der Waals surface area contributed by atoms with Gasteiger partial charge in [0.1, 0.15) is 17.5 Å². The van der Waals surface area contributed by atoms with Gasteiger partial charge in [-0.1, -0.05) is 0 Å². The molecule has 0 saturated carbocycles. The van der Waals surface area contributed by atoms with E-state index in [9.17, 15) is 13.2 Å². The number of anilines is 1. The number of rotatable bonds is 1. The van der Waals surface area contributed by atoms with Crippen LogP contribution in [0.1, 0.15) is 36.7 Å². The van der Waals surface area contributed by atoms with E-state index in [1.807, 2.05) is 6.07 Å². The van der Waals surface area contributed by atoms with Crippen LogP contribution in [0, 0.1) is 16.7 Å². The van der Waals surface area contributed by atoms with E-state index in [-0.39, 0.29) is 12.9 Å². The third kappa shape index (κ3) is 4.72. The van der Waals surface area contributed by atoms with Crippen molar-refractivity contribution in [3.05, 3.63) is 52.8 Å². The maximum atomic E-state index is 12.1. The molecule has 26 heavy (non-hydrogen) atoms. The fourth-order valence-electron chi connectivity index (χ4n) is 2.56. The normalized spacial score (nSPS) is 13.0. The van der Waals surface area contributed by atoms with Gasteiger partial charge in [-0.2, -0.15) is 18.4 Å². The van der Waals surface area contributed by atoms with Crippen LogP contribution in [0.4, 0.5) is 18.9 Å². The van der Waals surface area contributed by atoms with E-state index in [4.69, 9.17) is 21.5 Å². The summed E-state index contributed by atoms with van der Waals surface area (Å²) in [5.74, 6) is -0.358. The Morgan fingerprint density at radius 3 is 2.62 bits per heavy atom. The predicted octanol–water partition coefficient (Wildman–Crippen LogP) is 3.98. The van der Waals surface area contributed by atoms with E-state index in [0.29, 0.717) is 5.56 Å². The molecule has 2 aromatic rings. The minimum atomic E-state index is -4.76. The van der Waals surface area contributed by atoms with Crippen LogP contribution in [0.15, 0.2) is 30.5 Å². The average molecular weight is 364 g/mol. The zero-order valence-corrected chi connectivity index (χ0v) is 13.8. The molecule has 1 aliphatic carbocycles. The maximum Gasteiger partial charge on any atom is 0.433 e. The molecular formula is C18H19F3N4O. The van der Waals surface area contributed by atoms with Gasteiger partial charge in [-0.3, -0.25) is 10.4 Å². The van der Waals surface area contributed by atoms with Gasteiger partial charge >= 0.3 is 6.18 Å². The number of hydrogen-bond acceptors (Lipinski definition) is 5. The number of alkyl halides is 3. The van der Waals surface area contributed by atoms with Crippen LogP contribution >= 0.6 is 0 Å². The molecule has 1 aromatic heterocycles. The number of nitriles is 1. The van der Waals surface area contributed by atoms with E-state index in [2.05, 4.69) is 11.1 Å². The number of nitrogens with zero attached hydrogens (tertiary/aromatic N) is 2. The molecule has 0 saturated heterocycles. The molecule has 5 nitrogen and oxygen atoms in total. The standard InChI is InChI=1S/C10H10N2.C8H7F3N2O.H2/c11-6-8-5-9-3-1-2-4-10(9)12-7-8;9-8(10,11)7(13)5-3-4(14)1-2-6(5)12;/h5,7H,1-4H2;1-3,13-14H,12H2;1H. The Kier molecular flexibility index (Phi) is 5.82. The van der Waals surface area contributed by atoms with E-state index in [1.54, 1.807) is 6.20 Å². The molecule has 1 heterocycles. The molecular weight excluding hydrogens is 345 g/mol. The van der Waals surface area contributed by atoms with Crippen LogP contribution < -0.4 is 5.73 Å². The van der Waals surface area contributed by atoms with Gasteiger partial charge in [0, 0.05) is 24.6 Å². The van der Waals surface area contributed by atoms with E-state index in [1.165, 1.54) is 24.1 Å². The van der Waals surface area contributed by atoms with Gasteiger partial charge in [0.25, 0.3) is 0 Å². The van der Waals surface area contributed by atoms with Crippen molar-refractivity contribution in [2.24, 2.45) is 0 Å². The average Bonchev–Trinajstić information content (AvgIpc) is 2.62. The van der Waals surface area contributed by atoms with Gasteiger partial charge in [-0.25, -0.2) is 0 Å². The van der Waals surface area contributed by atoms with Crippen molar-refractivity contribution in [2.45, 2.75) is 31.9 Å². The highest BCUT2D eigenvalue weighted by Gasteiger charge is 2.36. The highest BCUT2D eigenvalue weighted by Crippen LogP contribution is 2.27. The largest absolute Gasteiger partial charge is 0.508 e. The lowest BCUT2D eigenvalue weighted by atomic mass is 9.95. The van der Waals surface area contributed by atoms with Crippen LogP contribution in [0.2, 0.25) is 0 Å². The first-order chi connectivity index (χ1) is 12.2. The second kappa shape index (κ2) is 7.87. The fraction of sp³-hybridized carbons (Fsp3) is 0.278. The number of pyridine rings is 1. The van der Waals surface area contributed by atoms with Crippen molar-refractivity contribution in [3.8, 4) is 11.8 Å². The molecule has 8 heteroatoms. The monoisotopic (exact) mass is 364 g/mol. The lowest BCUT2D eigenvalue weighted by Crippen LogP contribution is -2.23. The number of phenols is 1. The number of nitrogens with one attached hydrogen (secondary N) is 1. The molecule has 0 radical (unpaired) electrons. The number of nitrogens with two attached hydrogens (primary N) is 1. The molecule has 0 aliphatic heterocycles. The lowest BCUT2D eigenvalue weighted by Gasteiger charge is -2.13. The summed E-state index contributed by atoms with van der Waals surface area (Å²) in [4.78, 5) is 4.27. The SMILES string of the molecule is N#Cc1cnc2c(c1)CCCC2.N=C(c1cc(O)ccc1N)C(F)(F)F.[HH]. The van der Waals surface area contributed by atoms with E-state index < -0.39 is 17.5 Å². The topological polar surface area (TPSA) is 107 Å². The van der Waals surface area contributed by atoms with E-state index in [0.717, 1.165) is 31.0 Å². The minimum absolute atomic E-state index is 0. The highest BCUT2D eigenvalue weighted by atomic mass is 19.4. The number of phenolic OH excluding ortho intramolecular Hbond substituents is 1. The summed E-state index contributed by atoms with van der Waals surface area (Å²) in [6, 6.07) is 7.17. The van der Waals surface area contributed by atoms with Crippen LogP contribution in [0.5, 0.6) is 5.75 Å². The summed E-state index contributed by atoms with van der Waals surface area (Å²) in [5, 5.41) is 24.4. The van der Waals surface area contributed by atoms with Gasteiger partial charge in [-0.15, -0.1) is 0 Å². The van der Waals surface area contributed by atoms with Gasteiger partial charge in [0.15, 0.2) is 0 Å². The zero-order chi connectivity index (χ0) is 19.3. The van der Waals surface area contributed by atoms with Crippen molar-refractivity contribution < 1.29 is 19.7 Å². The Labute approximate surface area is 149 Å². The Hall–Kier alpha value is -3.08. The summed E-state index contributed by atoms with van der Waals surface area (Å²) in [5.41, 5.74) is 6.13. The second-order valence-corrected chi connectivity index (χ2v) is 5.79. The summed E-state index contributed by atoms with van der Waals surface area (Å²) in [6.07, 6.45) is 1.57. The number of aromatic nitrogens is 1. The number of nitrogen functional groups attached to an aromatic ring is 1. The number of halogens is 3. The van der Waals surface area contributed by atoms with Gasteiger partial charge < -0.3 is 10.8 Å². The molecule has 3 rings (SSSR count). The van der Waals surface area contributed by atoms with E-state index >= 15 is 0 Å². The van der Waals surface area contributed by atoms with Crippen LogP contribution in [0.3, 0.4) is 0 Å². The minimum Gasteiger partial charge on any atom is -0.508 e. The molecule has 0 atom stereocenters. The molecule has 0 unspecified atom stereocenters. The molecule has 138 valence electrons.